The van der Waals surface area contributed by atoms with Crippen LogP contribution in [0.25, 0.3) is 0 Å². The first-order valence-electron chi connectivity index (χ1n) is 14.3. The Bertz CT molecular complexity index is 1050. The largest absolute Gasteiger partial charge is 0.378 e. The van der Waals surface area contributed by atoms with Crippen molar-refractivity contribution in [1.82, 2.24) is 25.1 Å². The molecule has 5 rings (SSSR count). The van der Waals surface area contributed by atoms with Crippen LogP contribution in [0.15, 0.2) is 35.5 Å². The molecule has 1 aromatic carbocycles. The van der Waals surface area contributed by atoms with Gasteiger partial charge in [0.25, 0.3) is 0 Å². The Morgan fingerprint density at radius 3 is 2.36 bits per heavy atom. The number of thioether (sulfide) groups is 1. The maximum atomic E-state index is 12.5. The molecule has 1 amide bonds. The molecule has 212 valence electrons. The summed E-state index contributed by atoms with van der Waals surface area (Å²) in [6, 6.07) is 10.5. The molecule has 0 radical (unpaired) electrons. The lowest BCUT2D eigenvalue weighted by Gasteiger charge is -2.35. The first-order valence-corrected chi connectivity index (χ1v) is 15.5. The number of anilines is 4. The van der Waals surface area contributed by atoms with Crippen LogP contribution in [0.4, 0.5) is 23.0 Å². The van der Waals surface area contributed by atoms with E-state index in [1.165, 1.54) is 24.9 Å². The Morgan fingerprint density at radius 2 is 1.64 bits per heavy atom. The van der Waals surface area contributed by atoms with Crippen molar-refractivity contribution < 1.29 is 9.53 Å². The SMILES string of the molecule is CSc1nc(Nc2ccc(N3CCOCC3)cc2)cc(N2CCN(CC(=O)NCCN3CCCCC3)CC2)n1. The monoisotopic (exact) mass is 554 g/mol. The van der Waals surface area contributed by atoms with Crippen LogP contribution in [-0.2, 0) is 9.53 Å². The number of benzene rings is 1. The molecule has 10 nitrogen and oxygen atoms in total. The average Bonchev–Trinajstić information content (AvgIpc) is 2.99. The zero-order chi connectivity index (χ0) is 26.9. The lowest BCUT2D eigenvalue weighted by Crippen LogP contribution is -2.50. The number of piperazine rings is 1. The summed E-state index contributed by atoms with van der Waals surface area (Å²) in [4.78, 5) is 31.3. The lowest BCUT2D eigenvalue weighted by atomic mass is 10.1. The fourth-order valence-corrected chi connectivity index (χ4v) is 5.76. The molecule has 1 aromatic heterocycles. The number of carbonyl (C=O) groups is 1. The van der Waals surface area contributed by atoms with Crippen molar-refractivity contribution in [2.75, 3.05) is 107 Å². The van der Waals surface area contributed by atoms with Gasteiger partial charge in [-0.3, -0.25) is 9.69 Å². The predicted molar refractivity (Wildman–Crippen MR) is 159 cm³/mol. The van der Waals surface area contributed by atoms with Crippen molar-refractivity contribution in [2.24, 2.45) is 0 Å². The number of nitrogens with one attached hydrogen (secondary N) is 2. The second-order valence-electron chi connectivity index (χ2n) is 10.4. The topological polar surface area (TPSA) is 89.1 Å². The van der Waals surface area contributed by atoms with Gasteiger partial charge >= 0.3 is 0 Å². The molecule has 3 aliphatic heterocycles. The first-order chi connectivity index (χ1) is 19.2. The summed E-state index contributed by atoms with van der Waals surface area (Å²) in [7, 11) is 0. The third kappa shape index (κ3) is 8.20. The number of amides is 1. The van der Waals surface area contributed by atoms with E-state index in [0.29, 0.717) is 6.54 Å². The van der Waals surface area contributed by atoms with Crippen LogP contribution in [0, 0.1) is 0 Å². The Hall–Kier alpha value is -2.60. The van der Waals surface area contributed by atoms with E-state index in [4.69, 9.17) is 14.7 Å². The number of rotatable bonds is 10. The van der Waals surface area contributed by atoms with Gasteiger partial charge in [0.05, 0.1) is 19.8 Å². The number of piperidine rings is 1. The Labute approximate surface area is 236 Å². The van der Waals surface area contributed by atoms with Crippen LogP contribution >= 0.6 is 11.8 Å². The van der Waals surface area contributed by atoms with Crippen molar-refractivity contribution in [3.8, 4) is 0 Å². The zero-order valence-electron chi connectivity index (χ0n) is 23.1. The molecular weight excluding hydrogens is 512 g/mol. The smallest absolute Gasteiger partial charge is 0.234 e. The molecule has 39 heavy (non-hydrogen) atoms. The Kier molecular flexibility index (Phi) is 10.1. The second-order valence-corrected chi connectivity index (χ2v) is 11.2. The van der Waals surface area contributed by atoms with Crippen molar-refractivity contribution in [3.63, 3.8) is 0 Å². The van der Waals surface area contributed by atoms with E-state index >= 15 is 0 Å². The van der Waals surface area contributed by atoms with Gasteiger partial charge in [-0.15, -0.1) is 0 Å². The molecule has 3 fully saturated rings. The average molecular weight is 555 g/mol. The minimum Gasteiger partial charge on any atom is -0.378 e. The molecule has 4 heterocycles. The van der Waals surface area contributed by atoms with Crippen molar-refractivity contribution >= 4 is 40.7 Å². The molecule has 0 atom stereocenters. The van der Waals surface area contributed by atoms with Crippen LogP contribution in [0.1, 0.15) is 19.3 Å². The van der Waals surface area contributed by atoms with E-state index in [-0.39, 0.29) is 5.91 Å². The third-order valence-corrected chi connectivity index (χ3v) is 8.20. The van der Waals surface area contributed by atoms with Crippen molar-refractivity contribution in [2.45, 2.75) is 24.4 Å². The Balaban J connectivity index is 1.10. The van der Waals surface area contributed by atoms with Gasteiger partial charge in [0.1, 0.15) is 11.6 Å². The summed E-state index contributed by atoms with van der Waals surface area (Å²) in [6.45, 7) is 11.2. The van der Waals surface area contributed by atoms with Gasteiger partial charge in [-0.2, -0.15) is 0 Å². The van der Waals surface area contributed by atoms with E-state index in [9.17, 15) is 4.79 Å². The van der Waals surface area contributed by atoms with Gasteiger partial charge in [-0.1, -0.05) is 18.2 Å². The van der Waals surface area contributed by atoms with E-state index in [1.807, 2.05) is 12.3 Å². The van der Waals surface area contributed by atoms with Crippen molar-refractivity contribution in [3.05, 3.63) is 30.3 Å². The van der Waals surface area contributed by atoms with Crippen LogP contribution < -0.4 is 20.4 Å². The molecule has 0 aliphatic carbocycles. The minimum atomic E-state index is 0.123. The van der Waals surface area contributed by atoms with Gasteiger partial charge in [0.15, 0.2) is 5.16 Å². The number of morpholine rings is 1. The highest BCUT2D eigenvalue weighted by atomic mass is 32.2. The van der Waals surface area contributed by atoms with Gasteiger partial charge in [-0.05, 0) is 56.5 Å². The van der Waals surface area contributed by atoms with Crippen molar-refractivity contribution in [1.29, 1.82) is 0 Å². The third-order valence-electron chi connectivity index (χ3n) is 7.65. The summed E-state index contributed by atoms with van der Waals surface area (Å²) in [5, 5.41) is 7.32. The quantitative estimate of drug-likeness (QED) is 0.337. The van der Waals surface area contributed by atoms with Gasteiger partial charge in [0, 0.05) is 69.8 Å². The molecule has 0 saturated carbocycles. The number of hydrogen-bond acceptors (Lipinski definition) is 10. The fraction of sp³-hybridized carbons (Fsp3) is 0.607. The van der Waals surface area contributed by atoms with Crippen LogP contribution in [0.3, 0.4) is 0 Å². The predicted octanol–water partition coefficient (Wildman–Crippen LogP) is 2.50. The molecule has 0 bridgehead atoms. The van der Waals surface area contributed by atoms with Gasteiger partial charge < -0.3 is 30.1 Å². The molecule has 2 N–H and O–H groups in total. The van der Waals surface area contributed by atoms with Crippen LogP contribution in [0.2, 0.25) is 0 Å². The molecular formula is C28H42N8O2S. The van der Waals surface area contributed by atoms with E-state index < -0.39 is 0 Å². The highest BCUT2D eigenvalue weighted by Gasteiger charge is 2.21. The van der Waals surface area contributed by atoms with Crippen LogP contribution in [-0.4, -0.2) is 117 Å². The molecule has 11 heteroatoms. The summed E-state index contributed by atoms with van der Waals surface area (Å²) < 4.78 is 5.47. The summed E-state index contributed by atoms with van der Waals surface area (Å²) in [5.74, 6) is 1.84. The maximum absolute atomic E-state index is 12.5. The number of carbonyl (C=O) groups excluding carboxylic acids is 1. The lowest BCUT2D eigenvalue weighted by molar-refractivity contribution is -0.122. The number of nitrogens with zero attached hydrogens (tertiary/aromatic N) is 6. The highest BCUT2D eigenvalue weighted by molar-refractivity contribution is 7.98. The number of likely N-dealkylation sites (tertiary alicyclic amines) is 1. The maximum Gasteiger partial charge on any atom is 0.234 e. The zero-order valence-corrected chi connectivity index (χ0v) is 23.9. The van der Waals surface area contributed by atoms with E-state index in [1.54, 1.807) is 11.8 Å². The summed E-state index contributed by atoms with van der Waals surface area (Å²) in [5.41, 5.74) is 2.21. The molecule has 2 aromatic rings. The molecule has 0 unspecified atom stereocenters. The molecule has 3 aliphatic rings. The van der Waals surface area contributed by atoms with E-state index in [2.05, 4.69) is 54.5 Å². The highest BCUT2D eigenvalue weighted by Crippen LogP contribution is 2.25. The Morgan fingerprint density at radius 1 is 0.897 bits per heavy atom. The fourth-order valence-electron chi connectivity index (χ4n) is 5.39. The minimum absolute atomic E-state index is 0.123. The standard InChI is InChI=1S/C28H42N8O2S/c1-39-28-31-25(30-23-5-7-24(8-6-23)35-17-19-38-20-18-35)21-26(32-28)36-15-13-34(14-16-36)22-27(37)29-9-12-33-10-3-2-4-11-33/h5-8,21H,2-4,9-20,22H2,1H3,(H,29,37)(H,30,31,32). The molecule has 3 saturated heterocycles. The normalized spacial score (nSPS) is 19.2. The first kappa shape index (κ1) is 27.9. The summed E-state index contributed by atoms with van der Waals surface area (Å²) >= 11 is 1.55. The van der Waals surface area contributed by atoms with Gasteiger partial charge in [-0.25, -0.2) is 9.97 Å². The van der Waals surface area contributed by atoms with Crippen LogP contribution in [0.5, 0.6) is 0 Å². The van der Waals surface area contributed by atoms with Gasteiger partial charge in [0.2, 0.25) is 5.91 Å². The number of aromatic nitrogens is 2. The number of ether oxygens (including phenoxy) is 1. The van der Waals surface area contributed by atoms with E-state index in [0.717, 1.165) is 101 Å². The summed E-state index contributed by atoms with van der Waals surface area (Å²) in [6.07, 6.45) is 5.90. The second kappa shape index (κ2) is 14.2. The molecule has 0 spiro atoms. The number of hydrogen-bond donors (Lipinski definition) is 2.